The molecule has 0 unspecified atom stereocenters. The number of hydrogen-bond acceptors (Lipinski definition) is 2. The lowest BCUT2D eigenvalue weighted by Crippen LogP contribution is -2.07. The van der Waals surface area contributed by atoms with Crippen molar-refractivity contribution in [3.8, 4) is 0 Å². The Hall–Kier alpha value is -0.990. The van der Waals surface area contributed by atoms with E-state index in [0.29, 0.717) is 12.0 Å². The number of nitrogen functional groups attached to an aromatic ring is 1. The van der Waals surface area contributed by atoms with Crippen molar-refractivity contribution in [2.75, 3.05) is 5.73 Å². The molecule has 3 nitrogen and oxygen atoms in total. The molecule has 2 N–H and O–H groups in total. The highest BCUT2D eigenvalue weighted by molar-refractivity contribution is 5.43. The number of hydrogen-bond donors (Lipinski definition) is 1. The van der Waals surface area contributed by atoms with Crippen molar-refractivity contribution in [3.05, 3.63) is 11.3 Å². The smallest absolute Gasteiger partial charge is 0.125 e. The van der Waals surface area contributed by atoms with Gasteiger partial charge in [0.05, 0.1) is 5.69 Å². The van der Waals surface area contributed by atoms with Crippen LogP contribution in [0, 0.1) is 6.92 Å². The third-order valence-corrected chi connectivity index (χ3v) is 2.27. The summed E-state index contributed by atoms with van der Waals surface area (Å²) in [6.07, 6.45) is 0. The van der Waals surface area contributed by atoms with E-state index < -0.39 is 0 Å². The predicted molar refractivity (Wildman–Crippen MR) is 55.9 cm³/mol. The molecule has 0 bridgehead atoms. The first-order chi connectivity index (χ1) is 5.95. The topological polar surface area (TPSA) is 43.8 Å². The van der Waals surface area contributed by atoms with Crippen LogP contribution < -0.4 is 5.73 Å². The molecule has 0 aromatic carbocycles. The minimum atomic E-state index is 0.339. The SMILES string of the molecule is Cc1c(C(C)C)nn(C(C)C)c1N. The minimum absolute atomic E-state index is 0.339. The fraction of sp³-hybridized carbons (Fsp3) is 0.700. The molecular formula is C10H19N3. The summed E-state index contributed by atoms with van der Waals surface area (Å²) < 4.78 is 1.89. The molecule has 0 aliphatic carbocycles. The maximum atomic E-state index is 5.94. The van der Waals surface area contributed by atoms with Crippen LogP contribution in [0.5, 0.6) is 0 Å². The Labute approximate surface area is 79.9 Å². The quantitative estimate of drug-likeness (QED) is 0.761. The van der Waals surface area contributed by atoms with Crippen molar-refractivity contribution in [2.45, 2.75) is 46.6 Å². The summed E-state index contributed by atoms with van der Waals surface area (Å²) in [5.74, 6) is 1.25. The molecule has 74 valence electrons. The second-order valence-corrected chi connectivity index (χ2v) is 4.09. The summed E-state index contributed by atoms with van der Waals surface area (Å²) in [6.45, 7) is 10.5. The Morgan fingerprint density at radius 1 is 1.23 bits per heavy atom. The van der Waals surface area contributed by atoms with Crippen LogP contribution >= 0.6 is 0 Å². The lowest BCUT2D eigenvalue weighted by atomic mass is 10.1. The molecule has 0 radical (unpaired) electrons. The van der Waals surface area contributed by atoms with Crippen LogP contribution in [0.1, 0.15) is 50.9 Å². The molecular weight excluding hydrogens is 162 g/mol. The maximum Gasteiger partial charge on any atom is 0.125 e. The van der Waals surface area contributed by atoms with Crippen molar-refractivity contribution < 1.29 is 0 Å². The van der Waals surface area contributed by atoms with Gasteiger partial charge in [-0.1, -0.05) is 13.8 Å². The molecule has 1 rings (SSSR count). The van der Waals surface area contributed by atoms with Crippen LogP contribution in [-0.4, -0.2) is 9.78 Å². The van der Waals surface area contributed by atoms with Gasteiger partial charge in [0, 0.05) is 11.6 Å². The van der Waals surface area contributed by atoms with Crippen molar-refractivity contribution in [1.29, 1.82) is 0 Å². The molecule has 0 saturated carbocycles. The molecule has 1 heterocycles. The number of nitrogens with two attached hydrogens (primary N) is 1. The van der Waals surface area contributed by atoms with Crippen molar-refractivity contribution in [2.24, 2.45) is 0 Å². The zero-order valence-corrected chi connectivity index (χ0v) is 9.13. The van der Waals surface area contributed by atoms with Crippen LogP contribution in [0.4, 0.5) is 5.82 Å². The first kappa shape index (κ1) is 10.1. The van der Waals surface area contributed by atoms with Crippen LogP contribution in [0.2, 0.25) is 0 Å². The average Bonchev–Trinajstić information content (AvgIpc) is 2.29. The predicted octanol–water partition coefficient (Wildman–Crippen LogP) is 2.48. The van der Waals surface area contributed by atoms with Gasteiger partial charge >= 0.3 is 0 Å². The highest BCUT2D eigenvalue weighted by atomic mass is 15.3. The summed E-state index contributed by atoms with van der Waals surface area (Å²) >= 11 is 0. The monoisotopic (exact) mass is 181 g/mol. The zero-order chi connectivity index (χ0) is 10.2. The first-order valence-electron chi connectivity index (χ1n) is 4.79. The van der Waals surface area contributed by atoms with Crippen molar-refractivity contribution >= 4 is 5.82 Å². The molecule has 0 saturated heterocycles. The third kappa shape index (κ3) is 1.69. The average molecular weight is 181 g/mol. The molecule has 0 spiro atoms. The summed E-state index contributed by atoms with van der Waals surface area (Å²) in [5.41, 5.74) is 8.19. The lowest BCUT2D eigenvalue weighted by molar-refractivity contribution is 0.530. The van der Waals surface area contributed by atoms with Crippen LogP contribution in [0.15, 0.2) is 0 Å². The van der Waals surface area contributed by atoms with E-state index in [1.807, 2.05) is 11.6 Å². The van der Waals surface area contributed by atoms with Gasteiger partial charge in [-0.2, -0.15) is 5.10 Å². The lowest BCUT2D eigenvalue weighted by Gasteiger charge is -2.07. The Kier molecular flexibility index (Phi) is 2.64. The number of rotatable bonds is 2. The standard InChI is InChI=1S/C10H19N3/c1-6(2)9-8(5)10(11)13(12-9)7(3)4/h6-7H,11H2,1-5H3. The zero-order valence-electron chi connectivity index (χ0n) is 9.13. The van der Waals surface area contributed by atoms with Crippen molar-refractivity contribution in [3.63, 3.8) is 0 Å². The van der Waals surface area contributed by atoms with E-state index in [0.717, 1.165) is 17.1 Å². The van der Waals surface area contributed by atoms with Crippen LogP contribution in [-0.2, 0) is 0 Å². The largest absolute Gasteiger partial charge is 0.384 e. The van der Waals surface area contributed by atoms with Crippen LogP contribution in [0.3, 0.4) is 0 Å². The van der Waals surface area contributed by atoms with Crippen molar-refractivity contribution in [1.82, 2.24) is 9.78 Å². The first-order valence-corrected chi connectivity index (χ1v) is 4.79. The van der Waals surface area contributed by atoms with E-state index in [2.05, 4.69) is 32.8 Å². The Bertz CT molecular complexity index is 269. The van der Waals surface area contributed by atoms with Gasteiger partial charge in [0.2, 0.25) is 0 Å². The fourth-order valence-corrected chi connectivity index (χ4v) is 1.49. The molecule has 3 heteroatoms. The van der Waals surface area contributed by atoms with Gasteiger partial charge < -0.3 is 5.73 Å². The van der Waals surface area contributed by atoms with Crippen LogP contribution in [0.25, 0.3) is 0 Å². The number of aromatic nitrogens is 2. The van der Waals surface area contributed by atoms with Gasteiger partial charge in [-0.3, -0.25) is 0 Å². The molecule has 0 amide bonds. The molecule has 0 atom stereocenters. The fourth-order valence-electron chi connectivity index (χ4n) is 1.49. The second kappa shape index (κ2) is 3.40. The highest BCUT2D eigenvalue weighted by Gasteiger charge is 2.15. The Morgan fingerprint density at radius 2 is 1.77 bits per heavy atom. The molecule has 0 fully saturated rings. The van der Waals surface area contributed by atoms with E-state index in [1.54, 1.807) is 0 Å². The summed E-state index contributed by atoms with van der Waals surface area (Å²) in [4.78, 5) is 0. The molecule has 1 aromatic rings. The molecule has 0 aliphatic rings. The Balaban J connectivity index is 3.20. The number of nitrogens with zero attached hydrogens (tertiary/aromatic N) is 2. The van der Waals surface area contributed by atoms with E-state index >= 15 is 0 Å². The van der Waals surface area contributed by atoms with E-state index in [4.69, 9.17) is 5.73 Å². The van der Waals surface area contributed by atoms with Gasteiger partial charge in [-0.25, -0.2) is 4.68 Å². The molecule has 0 aliphatic heterocycles. The second-order valence-electron chi connectivity index (χ2n) is 4.09. The highest BCUT2D eigenvalue weighted by Crippen LogP contribution is 2.24. The van der Waals surface area contributed by atoms with Gasteiger partial charge in [0.1, 0.15) is 5.82 Å². The van der Waals surface area contributed by atoms with Gasteiger partial charge in [-0.05, 0) is 26.7 Å². The van der Waals surface area contributed by atoms with Gasteiger partial charge in [0.25, 0.3) is 0 Å². The number of anilines is 1. The van der Waals surface area contributed by atoms with E-state index in [1.165, 1.54) is 0 Å². The molecule has 1 aromatic heterocycles. The third-order valence-electron chi connectivity index (χ3n) is 2.27. The van der Waals surface area contributed by atoms with E-state index in [-0.39, 0.29) is 0 Å². The summed E-state index contributed by atoms with van der Waals surface area (Å²) in [7, 11) is 0. The summed E-state index contributed by atoms with van der Waals surface area (Å²) in [6, 6.07) is 0.339. The minimum Gasteiger partial charge on any atom is -0.384 e. The van der Waals surface area contributed by atoms with Gasteiger partial charge in [-0.15, -0.1) is 0 Å². The molecule has 13 heavy (non-hydrogen) atoms. The normalized spacial score (nSPS) is 11.6. The Morgan fingerprint density at radius 3 is 2.00 bits per heavy atom. The van der Waals surface area contributed by atoms with E-state index in [9.17, 15) is 0 Å². The maximum absolute atomic E-state index is 5.94. The summed E-state index contributed by atoms with van der Waals surface area (Å²) in [5, 5.41) is 4.50. The van der Waals surface area contributed by atoms with Gasteiger partial charge in [0.15, 0.2) is 0 Å².